The first-order valence-electron chi connectivity index (χ1n) is 11.4. The minimum absolute atomic E-state index is 0.171. The van der Waals surface area contributed by atoms with Gasteiger partial charge in [-0.3, -0.25) is 14.4 Å². The van der Waals surface area contributed by atoms with Crippen molar-refractivity contribution in [1.82, 2.24) is 20.9 Å². The molecule has 1 aromatic carbocycles. The Morgan fingerprint density at radius 1 is 0.882 bits per heavy atom. The number of carbonyl (C=O) groups is 4. The Balaban J connectivity index is 2.26. The molecule has 2 rings (SSSR count). The number of carboxylic acids is 1. The molecule has 10 heteroatoms. The van der Waals surface area contributed by atoms with Gasteiger partial charge in [-0.2, -0.15) is 0 Å². The molecule has 10 nitrogen and oxygen atoms in total. The first-order valence-corrected chi connectivity index (χ1v) is 11.4. The first-order chi connectivity index (χ1) is 15.9. The molecular formula is C24H35N5O5. The van der Waals surface area contributed by atoms with E-state index in [1.165, 1.54) is 6.92 Å². The number of hydrogen-bond acceptors (Lipinski definition) is 5. The monoisotopic (exact) mass is 473 g/mol. The van der Waals surface area contributed by atoms with Crippen molar-refractivity contribution in [2.75, 3.05) is 0 Å². The average Bonchev–Trinajstić information content (AvgIpc) is 3.17. The molecule has 0 aliphatic rings. The maximum absolute atomic E-state index is 13.3. The summed E-state index contributed by atoms with van der Waals surface area (Å²) in [7, 11) is 0. The molecule has 0 aliphatic heterocycles. The highest BCUT2D eigenvalue weighted by Crippen LogP contribution is 2.19. The summed E-state index contributed by atoms with van der Waals surface area (Å²) in [4.78, 5) is 53.1. The fourth-order valence-corrected chi connectivity index (χ4v) is 3.58. The van der Waals surface area contributed by atoms with E-state index in [0.29, 0.717) is 0 Å². The average molecular weight is 474 g/mol. The van der Waals surface area contributed by atoms with Gasteiger partial charge in [0.15, 0.2) is 0 Å². The summed E-state index contributed by atoms with van der Waals surface area (Å²) in [5.74, 6) is -3.50. The molecule has 7 N–H and O–H groups in total. The Kier molecular flexibility index (Phi) is 9.19. The van der Waals surface area contributed by atoms with Gasteiger partial charge in [0, 0.05) is 23.5 Å². The summed E-state index contributed by atoms with van der Waals surface area (Å²) in [6, 6.07) is 3.67. The zero-order valence-corrected chi connectivity index (χ0v) is 20.2. The van der Waals surface area contributed by atoms with Crippen LogP contribution in [0.1, 0.15) is 40.2 Å². The molecule has 4 atom stereocenters. The fraction of sp³-hybridized carbons (Fsp3) is 0.500. The Morgan fingerprint density at radius 3 is 2.03 bits per heavy atom. The zero-order chi connectivity index (χ0) is 25.6. The van der Waals surface area contributed by atoms with Crippen molar-refractivity contribution < 1.29 is 24.3 Å². The Bertz CT molecular complexity index is 1030. The van der Waals surface area contributed by atoms with Crippen LogP contribution in [-0.2, 0) is 25.6 Å². The lowest BCUT2D eigenvalue weighted by Gasteiger charge is -2.27. The first kappa shape index (κ1) is 26.8. The third-order valence-corrected chi connectivity index (χ3v) is 5.62. The van der Waals surface area contributed by atoms with Crippen molar-refractivity contribution in [3.8, 4) is 0 Å². The van der Waals surface area contributed by atoms with Crippen LogP contribution < -0.4 is 21.7 Å². The van der Waals surface area contributed by atoms with Crippen LogP contribution in [0.4, 0.5) is 0 Å². The lowest BCUT2D eigenvalue weighted by Crippen LogP contribution is -2.59. The van der Waals surface area contributed by atoms with Crippen LogP contribution in [0.25, 0.3) is 10.9 Å². The van der Waals surface area contributed by atoms with Crippen LogP contribution in [-0.4, -0.2) is 57.9 Å². The number of benzene rings is 1. The van der Waals surface area contributed by atoms with Crippen LogP contribution in [0.5, 0.6) is 0 Å². The van der Waals surface area contributed by atoms with Gasteiger partial charge in [0.1, 0.15) is 18.1 Å². The number of aliphatic carboxylic acids is 1. The molecule has 186 valence electrons. The third-order valence-electron chi connectivity index (χ3n) is 5.62. The zero-order valence-electron chi connectivity index (χ0n) is 20.2. The van der Waals surface area contributed by atoms with Gasteiger partial charge in [-0.25, -0.2) is 4.79 Å². The number of aromatic nitrogens is 1. The maximum atomic E-state index is 13.3. The van der Waals surface area contributed by atoms with Crippen LogP contribution in [0.3, 0.4) is 0 Å². The molecule has 0 spiro atoms. The van der Waals surface area contributed by atoms with Gasteiger partial charge in [0.05, 0.1) is 6.04 Å². The predicted molar refractivity (Wildman–Crippen MR) is 129 cm³/mol. The summed E-state index contributed by atoms with van der Waals surface area (Å²) in [5.41, 5.74) is 7.40. The van der Waals surface area contributed by atoms with Crippen molar-refractivity contribution in [1.29, 1.82) is 0 Å². The lowest BCUT2D eigenvalue weighted by molar-refractivity contribution is -0.143. The molecule has 0 radical (unpaired) electrons. The molecule has 34 heavy (non-hydrogen) atoms. The van der Waals surface area contributed by atoms with E-state index in [-0.39, 0.29) is 18.3 Å². The fourth-order valence-electron chi connectivity index (χ4n) is 3.58. The number of aromatic amines is 1. The summed E-state index contributed by atoms with van der Waals surface area (Å²) >= 11 is 0. The van der Waals surface area contributed by atoms with Crippen molar-refractivity contribution in [3.63, 3.8) is 0 Å². The van der Waals surface area contributed by atoms with Crippen LogP contribution in [0, 0.1) is 11.8 Å². The molecule has 2 aromatic rings. The second-order valence-corrected chi connectivity index (χ2v) is 9.21. The Hall–Kier alpha value is -3.40. The smallest absolute Gasteiger partial charge is 0.326 e. The van der Waals surface area contributed by atoms with Gasteiger partial charge in [0.2, 0.25) is 17.7 Å². The minimum Gasteiger partial charge on any atom is -0.480 e. The molecular weight excluding hydrogens is 438 g/mol. The number of amides is 3. The van der Waals surface area contributed by atoms with Gasteiger partial charge in [-0.15, -0.1) is 0 Å². The molecule has 0 fully saturated rings. The SMILES string of the molecule is CC(N)C(=O)NC(Cc1c[nH]c2ccccc12)C(=O)NC(C(=O)NC(C(=O)O)C(C)C)C(C)C. The topological polar surface area (TPSA) is 166 Å². The summed E-state index contributed by atoms with van der Waals surface area (Å²) < 4.78 is 0. The number of rotatable bonds is 11. The summed E-state index contributed by atoms with van der Waals surface area (Å²) in [6.45, 7) is 8.36. The molecule has 3 amide bonds. The van der Waals surface area contributed by atoms with Gasteiger partial charge in [-0.05, 0) is 30.4 Å². The van der Waals surface area contributed by atoms with Gasteiger partial charge in [-0.1, -0.05) is 45.9 Å². The third kappa shape index (κ3) is 6.80. The summed E-state index contributed by atoms with van der Waals surface area (Å²) in [5, 5.41) is 18.2. The number of carbonyl (C=O) groups excluding carboxylic acids is 3. The van der Waals surface area contributed by atoms with E-state index in [2.05, 4.69) is 20.9 Å². The normalized spacial score (nSPS) is 14.9. The largest absolute Gasteiger partial charge is 0.480 e. The van der Waals surface area contributed by atoms with Crippen molar-refractivity contribution in [3.05, 3.63) is 36.0 Å². The molecule has 0 saturated carbocycles. The quantitative estimate of drug-likeness (QED) is 0.284. The number of fused-ring (bicyclic) bond motifs is 1. The van der Waals surface area contributed by atoms with Gasteiger partial charge in [0.25, 0.3) is 0 Å². The number of hydrogen-bond donors (Lipinski definition) is 6. The highest BCUT2D eigenvalue weighted by atomic mass is 16.4. The predicted octanol–water partition coefficient (Wildman–Crippen LogP) is 0.909. The molecule has 1 aromatic heterocycles. The lowest BCUT2D eigenvalue weighted by atomic mass is 9.99. The van der Waals surface area contributed by atoms with E-state index in [9.17, 15) is 24.3 Å². The second-order valence-electron chi connectivity index (χ2n) is 9.21. The molecule has 0 aliphatic carbocycles. The second kappa shape index (κ2) is 11.6. The van der Waals surface area contributed by atoms with Crippen molar-refractivity contribution in [2.45, 2.75) is 65.2 Å². The molecule has 0 saturated heterocycles. The number of H-pyrrole nitrogens is 1. The Morgan fingerprint density at radius 2 is 1.47 bits per heavy atom. The molecule has 1 heterocycles. The highest BCUT2D eigenvalue weighted by molar-refractivity contribution is 5.95. The van der Waals surface area contributed by atoms with Crippen LogP contribution in [0.2, 0.25) is 0 Å². The van der Waals surface area contributed by atoms with E-state index >= 15 is 0 Å². The van der Waals surface area contributed by atoms with Crippen LogP contribution >= 0.6 is 0 Å². The standard InChI is InChI=1S/C24H35N5O5/c1-12(2)19(23(32)29-20(13(3)4)24(33)34)28-22(31)18(27-21(30)14(5)25)10-15-11-26-17-9-7-6-8-16(15)17/h6-9,11-14,18-20,26H,10,25H2,1-5H3,(H,27,30)(H,28,31)(H,29,32)(H,33,34). The summed E-state index contributed by atoms with van der Waals surface area (Å²) in [6.07, 6.45) is 1.94. The maximum Gasteiger partial charge on any atom is 0.326 e. The van der Waals surface area contributed by atoms with Gasteiger partial charge >= 0.3 is 5.97 Å². The number of para-hydroxylation sites is 1. The molecule has 4 unspecified atom stereocenters. The van der Waals surface area contributed by atoms with Crippen molar-refractivity contribution in [2.24, 2.45) is 17.6 Å². The number of nitrogens with one attached hydrogen (secondary N) is 4. The van der Waals surface area contributed by atoms with E-state index in [0.717, 1.165) is 16.5 Å². The van der Waals surface area contributed by atoms with E-state index < -0.39 is 47.9 Å². The Labute approximate surface area is 199 Å². The minimum atomic E-state index is -1.15. The van der Waals surface area contributed by atoms with Crippen molar-refractivity contribution >= 4 is 34.6 Å². The number of carboxylic acid groups (broad SMARTS) is 1. The molecule has 0 bridgehead atoms. The van der Waals surface area contributed by atoms with E-state index in [4.69, 9.17) is 5.73 Å². The highest BCUT2D eigenvalue weighted by Gasteiger charge is 2.32. The number of nitrogens with two attached hydrogens (primary N) is 1. The van der Waals surface area contributed by atoms with Crippen LogP contribution in [0.15, 0.2) is 30.5 Å². The van der Waals surface area contributed by atoms with Gasteiger partial charge < -0.3 is 31.8 Å². The van der Waals surface area contributed by atoms with E-state index in [1.807, 2.05) is 24.3 Å². The van der Waals surface area contributed by atoms with E-state index in [1.54, 1.807) is 33.9 Å².